The largest absolute Gasteiger partial charge is 0.385 e. The van der Waals surface area contributed by atoms with Crippen LogP contribution in [0, 0.1) is 0 Å². The van der Waals surface area contributed by atoms with Gasteiger partial charge < -0.3 is 4.74 Å². The summed E-state index contributed by atoms with van der Waals surface area (Å²) in [6, 6.07) is 7.13. The fourth-order valence-corrected chi connectivity index (χ4v) is 2.77. The molecule has 0 fully saturated rings. The maximum absolute atomic E-state index is 11.8. The molecule has 1 unspecified atom stereocenters. The molecule has 0 aromatic heterocycles. The molecule has 0 heterocycles. The number of Topliss-reactive ketones (excluding diaryl/α,β-unsaturated/α-hetero) is 1. The molecule has 1 aromatic carbocycles. The Hall–Kier alpha value is -0.520. The molecule has 0 aliphatic rings. The SMILES string of the molecule is COCCCS(=O)CC(=O)c1cccc(Br)c1. The monoisotopic (exact) mass is 318 g/mol. The molecule has 0 bridgehead atoms. The van der Waals surface area contributed by atoms with Crippen LogP contribution in [0.4, 0.5) is 0 Å². The Morgan fingerprint density at radius 2 is 2.24 bits per heavy atom. The van der Waals surface area contributed by atoms with Crippen molar-refractivity contribution in [3.05, 3.63) is 34.3 Å². The first kappa shape index (κ1) is 14.5. The quantitative estimate of drug-likeness (QED) is 0.573. The van der Waals surface area contributed by atoms with Gasteiger partial charge in [-0.1, -0.05) is 28.1 Å². The summed E-state index contributed by atoms with van der Waals surface area (Å²) in [5, 5.41) is 0. The van der Waals surface area contributed by atoms with Gasteiger partial charge in [-0.05, 0) is 18.6 Å². The second-order valence-electron chi connectivity index (χ2n) is 3.57. The number of hydrogen-bond acceptors (Lipinski definition) is 3. The summed E-state index contributed by atoms with van der Waals surface area (Å²) < 4.78 is 17.3. The lowest BCUT2D eigenvalue weighted by Crippen LogP contribution is -2.14. The maximum atomic E-state index is 11.8. The highest BCUT2D eigenvalue weighted by Crippen LogP contribution is 2.12. The summed E-state index contributed by atoms with van der Waals surface area (Å²) in [4.78, 5) is 11.8. The topological polar surface area (TPSA) is 43.4 Å². The maximum Gasteiger partial charge on any atom is 0.175 e. The van der Waals surface area contributed by atoms with Crippen LogP contribution < -0.4 is 0 Å². The van der Waals surface area contributed by atoms with Crippen molar-refractivity contribution in [2.24, 2.45) is 0 Å². The molecule has 0 amide bonds. The van der Waals surface area contributed by atoms with Crippen LogP contribution in [0.1, 0.15) is 16.8 Å². The summed E-state index contributed by atoms with van der Waals surface area (Å²) in [6.07, 6.45) is 0.717. The van der Waals surface area contributed by atoms with E-state index >= 15 is 0 Å². The third kappa shape index (κ3) is 5.57. The molecule has 0 saturated carbocycles. The number of benzene rings is 1. The van der Waals surface area contributed by atoms with Gasteiger partial charge in [-0.3, -0.25) is 9.00 Å². The molecule has 3 nitrogen and oxygen atoms in total. The number of halogens is 1. The van der Waals surface area contributed by atoms with Crippen LogP contribution in [-0.2, 0) is 15.5 Å². The lowest BCUT2D eigenvalue weighted by molar-refractivity contribution is 0.102. The molecule has 17 heavy (non-hydrogen) atoms. The van der Waals surface area contributed by atoms with E-state index < -0.39 is 10.8 Å². The van der Waals surface area contributed by atoms with Gasteiger partial charge in [0.05, 0.1) is 5.75 Å². The number of ketones is 1. The number of ether oxygens (including phenoxy) is 1. The van der Waals surface area contributed by atoms with Crippen molar-refractivity contribution in [2.45, 2.75) is 6.42 Å². The molecule has 1 rings (SSSR count). The van der Waals surface area contributed by atoms with E-state index in [1.165, 1.54) is 0 Å². The molecule has 5 heteroatoms. The smallest absolute Gasteiger partial charge is 0.175 e. The summed E-state index contributed by atoms with van der Waals surface area (Å²) in [5.41, 5.74) is 0.597. The fourth-order valence-electron chi connectivity index (χ4n) is 1.33. The molecule has 94 valence electrons. The van der Waals surface area contributed by atoms with E-state index in [0.717, 1.165) is 10.9 Å². The Labute approximate surface area is 112 Å². The fraction of sp³-hybridized carbons (Fsp3) is 0.417. The van der Waals surface area contributed by atoms with E-state index in [0.29, 0.717) is 17.9 Å². The van der Waals surface area contributed by atoms with Crippen LogP contribution >= 0.6 is 15.9 Å². The first-order valence-electron chi connectivity index (χ1n) is 5.26. The van der Waals surface area contributed by atoms with Crippen LogP contribution in [-0.4, -0.2) is 35.2 Å². The van der Waals surface area contributed by atoms with Gasteiger partial charge >= 0.3 is 0 Å². The third-order valence-electron chi connectivity index (χ3n) is 2.16. The molecular formula is C12H15BrO3S. The highest BCUT2D eigenvalue weighted by Gasteiger charge is 2.10. The van der Waals surface area contributed by atoms with E-state index in [2.05, 4.69) is 15.9 Å². The van der Waals surface area contributed by atoms with Gasteiger partial charge in [0.15, 0.2) is 5.78 Å². The van der Waals surface area contributed by atoms with E-state index in [4.69, 9.17) is 4.74 Å². The van der Waals surface area contributed by atoms with Crippen molar-refractivity contribution in [2.75, 3.05) is 25.2 Å². The lowest BCUT2D eigenvalue weighted by Gasteiger charge is -2.02. The normalized spacial score (nSPS) is 12.4. The van der Waals surface area contributed by atoms with Gasteiger partial charge in [0.25, 0.3) is 0 Å². The van der Waals surface area contributed by atoms with Crippen molar-refractivity contribution in [3.8, 4) is 0 Å². The lowest BCUT2D eigenvalue weighted by atomic mass is 10.2. The predicted octanol–water partition coefficient (Wildman–Crippen LogP) is 2.42. The van der Waals surface area contributed by atoms with Gasteiger partial charge in [0.1, 0.15) is 0 Å². The zero-order valence-corrected chi connectivity index (χ0v) is 12.1. The second kappa shape index (κ2) is 7.74. The summed E-state index contributed by atoms with van der Waals surface area (Å²) >= 11 is 3.30. The molecule has 0 aliphatic heterocycles. The van der Waals surface area contributed by atoms with Gasteiger partial charge in [-0.15, -0.1) is 0 Å². The van der Waals surface area contributed by atoms with Gasteiger partial charge in [0, 0.05) is 40.3 Å². The van der Waals surface area contributed by atoms with Crippen molar-refractivity contribution < 1.29 is 13.7 Å². The Kier molecular flexibility index (Phi) is 6.62. The zero-order valence-electron chi connectivity index (χ0n) is 9.65. The van der Waals surface area contributed by atoms with Gasteiger partial charge in [0.2, 0.25) is 0 Å². The van der Waals surface area contributed by atoms with Crippen molar-refractivity contribution in [3.63, 3.8) is 0 Å². The highest BCUT2D eigenvalue weighted by molar-refractivity contribution is 9.10. The molecule has 1 atom stereocenters. The van der Waals surface area contributed by atoms with Crippen LogP contribution in [0.5, 0.6) is 0 Å². The Morgan fingerprint density at radius 3 is 2.88 bits per heavy atom. The van der Waals surface area contributed by atoms with E-state index in [9.17, 15) is 9.00 Å². The number of rotatable bonds is 7. The summed E-state index contributed by atoms with van der Waals surface area (Å²) in [7, 11) is 0.503. The number of carbonyl (C=O) groups is 1. The Bertz CT molecular complexity index is 406. The van der Waals surface area contributed by atoms with Crippen LogP contribution in [0.3, 0.4) is 0 Å². The third-order valence-corrected chi connectivity index (χ3v) is 3.98. The number of hydrogen-bond donors (Lipinski definition) is 0. The molecular weight excluding hydrogens is 304 g/mol. The first-order valence-corrected chi connectivity index (χ1v) is 7.54. The average Bonchev–Trinajstić information content (AvgIpc) is 2.29. The van der Waals surface area contributed by atoms with Crippen LogP contribution in [0.15, 0.2) is 28.7 Å². The molecule has 0 aliphatic carbocycles. The van der Waals surface area contributed by atoms with Gasteiger partial charge in [-0.25, -0.2) is 0 Å². The number of carbonyl (C=O) groups excluding carboxylic acids is 1. The minimum atomic E-state index is -1.10. The van der Waals surface area contributed by atoms with Crippen LogP contribution in [0.2, 0.25) is 0 Å². The average molecular weight is 319 g/mol. The molecule has 1 aromatic rings. The van der Waals surface area contributed by atoms with Gasteiger partial charge in [-0.2, -0.15) is 0 Å². The van der Waals surface area contributed by atoms with Crippen molar-refractivity contribution >= 4 is 32.5 Å². The minimum absolute atomic E-state index is 0.0814. The Balaban J connectivity index is 2.46. The predicted molar refractivity (Wildman–Crippen MR) is 72.8 cm³/mol. The van der Waals surface area contributed by atoms with Crippen molar-refractivity contribution in [1.82, 2.24) is 0 Å². The summed E-state index contributed by atoms with van der Waals surface area (Å²) in [6.45, 7) is 0.580. The zero-order chi connectivity index (χ0) is 12.7. The van der Waals surface area contributed by atoms with E-state index in [1.54, 1.807) is 25.3 Å². The standard InChI is InChI=1S/C12H15BrO3S/c1-16-6-3-7-17(15)9-12(14)10-4-2-5-11(13)8-10/h2,4-5,8H,3,6-7,9H2,1H3. The van der Waals surface area contributed by atoms with Crippen molar-refractivity contribution in [1.29, 1.82) is 0 Å². The summed E-state index contributed by atoms with van der Waals surface area (Å²) in [5.74, 6) is 0.510. The minimum Gasteiger partial charge on any atom is -0.385 e. The first-order chi connectivity index (χ1) is 8.13. The van der Waals surface area contributed by atoms with E-state index in [1.807, 2.05) is 6.07 Å². The van der Waals surface area contributed by atoms with Crippen LogP contribution in [0.25, 0.3) is 0 Å². The molecule has 0 radical (unpaired) electrons. The number of methoxy groups -OCH3 is 1. The highest BCUT2D eigenvalue weighted by atomic mass is 79.9. The molecule has 0 spiro atoms. The van der Waals surface area contributed by atoms with E-state index in [-0.39, 0.29) is 11.5 Å². The second-order valence-corrected chi connectivity index (χ2v) is 6.06. The Morgan fingerprint density at radius 1 is 1.47 bits per heavy atom. The molecule has 0 saturated heterocycles. The molecule has 0 N–H and O–H groups in total.